The van der Waals surface area contributed by atoms with Crippen LogP contribution in [-0.2, 0) is 0 Å². The fourth-order valence-corrected chi connectivity index (χ4v) is 0.761. The Morgan fingerprint density at radius 3 is 2.20 bits per heavy atom. The van der Waals surface area contributed by atoms with Gasteiger partial charge in [0.15, 0.2) is 0 Å². The van der Waals surface area contributed by atoms with E-state index in [4.69, 9.17) is 16.7 Å². The summed E-state index contributed by atoms with van der Waals surface area (Å²) in [7, 11) is 0. The highest BCUT2D eigenvalue weighted by atomic mass is 35.5. The molecule has 0 saturated carbocycles. The molecule has 0 heterocycles. The zero-order valence-corrected chi connectivity index (χ0v) is 6.78. The number of aliphatic hydroxyl groups excluding tert-OH is 1. The van der Waals surface area contributed by atoms with Crippen LogP contribution in [0.25, 0.3) is 0 Å². The Kier molecular flexibility index (Phi) is 3.89. The van der Waals surface area contributed by atoms with Crippen LogP contribution >= 0.6 is 11.6 Å². The van der Waals surface area contributed by atoms with Crippen LogP contribution in [0.5, 0.6) is 0 Å². The first kappa shape index (κ1) is 9.31. The summed E-state index contributed by atoms with van der Waals surface area (Å²) in [6.07, 6.45) is 2.26. The van der Waals surface area contributed by atoms with E-state index >= 15 is 0 Å². The Labute approximate surface area is 66.3 Å². The molecular formula is C8H11ClO. The molecule has 1 N–H and O–H groups in total. The number of allylic oxidation sites excluding steroid dienone is 3. The quantitative estimate of drug-likeness (QED) is 0.494. The summed E-state index contributed by atoms with van der Waals surface area (Å²) in [6.45, 7) is 8.76. The molecule has 0 aromatic heterocycles. The lowest BCUT2D eigenvalue weighted by molar-refractivity contribution is 0.434. The van der Waals surface area contributed by atoms with Gasteiger partial charge in [-0.05, 0) is 18.1 Å². The lowest BCUT2D eigenvalue weighted by atomic mass is 10.2. The van der Waals surface area contributed by atoms with Crippen molar-refractivity contribution in [3.05, 3.63) is 35.6 Å². The van der Waals surface area contributed by atoms with Gasteiger partial charge in [-0.1, -0.05) is 31.7 Å². The van der Waals surface area contributed by atoms with E-state index in [-0.39, 0.29) is 5.76 Å². The third-order valence-corrected chi connectivity index (χ3v) is 1.31. The van der Waals surface area contributed by atoms with Crippen molar-refractivity contribution >= 4 is 11.6 Å². The highest BCUT2D eigenvalue weighted by Crippen LogP contribution is 2.16. The SMILES string of the molecule is C=C(O)/C=C(/CC)C(=C)Cl. The molecule has 0 rings (SSSR count). The summed E-state index contributed by atoms with van der Waals surface area (Å²) in [5, 5.41) is 9.19. The molecule has 10 heavy (non-hydrogen) atoms. The van der Waals surface area contributed by atoms with Crippen LogP contribution in [0.3, 0.4) is 0 Å². The normalized spacial score (nSPS) is 11.2. The van der Waals surface area contributed by atoms with Crippen LogP contribution in [-0.4, -0.2) is 5.11 Å². The molecular weight excluding hydrogens is 148 g/mol. The second-order valence-electron chi connectivity index (χ2n) is 1.92. The third-order valence-electron chi connectivity index (χ3n) is 1.07. The molecule has 0 unspecified atom stereocenters. The average molecular weight is 159 g/mol. The van der Waals surface area contributed by atoms with Crippen molar-refractivity contribution in [1.82, 2.24) is 0 Å². The van der Waals surface area contributed by atoms with Crippen LogP contribution < -0.4 is 0 Å². The molecule has 0 aliphatic carbocycles. The summed E-state index contributed by atoms with van der Waals surface area (Å²) in [4.78, 5) is 0. The van der Waals surface area contributed by atoms with Gasteiger partial charge >= 0.3 is 0 Å². The number of aliphatic hydroxyl groups is 1. The van der Waals surface area contributed by atoms with Crippen LogP contribution in [0.4, 0.5) is 0 Å². The van der Waals surface area contributed by atoms with E-state index in [9.17, 15) is 0 Å². The van der Waals surface area contributed by atoms with Crippen LogP contribution in [0.2, 0.25) is 0 Å². The van der Waals surface area contributed by atoms with E-state index < -0.39 is 0 Å². The fourth-order valence-electron chi connectivity index (χ4n) is 0.573. The van der Waals surface area contributed by atoms with Crippen LogP contribution in [0.15, 0.2) is 35.6 Å². The molecule has 0 fully saturated rings. The van der Waals surface area contributed by atoms with Crippen molar-refractivity contribution in [2.45, 2.75) is 13.3 Å². The fraction of sp³-hybridized carbons (Fsp3) is 0.250. The molecule has 0 aliphatic heterocycles. The lowest BCUT2D eigenvalue weighted by Gasteiger charge is -1.98. The van der Waals surface area contributed by atoms with E-state index in [1.165, 1.54) is 6.08 Å². The molecule has 0 spiro atoms. The van der Waals surface area contributed by atoms with Gasteiger partial charge in [0, 0.05) is 5.03 Å². The maximum Gasteiger partial charge on any atom is 0.108 e. The first-order chi connectivity index (χ1) is 4.57. The number of halogens is 1. The molecule has 0 radical (unpaired) electrons. The van der Waals surface area contributed by atoms with Gasteiger partial charge in [0.05, 0.1) is 0 Å². The Hall–Kier alpha value is -0.690. The second-order valence-corrected chi connectivity index (χ2v) is 2.38. The minimum absolute atomic E-state index is 0.0126. The van der Waals surface area contributed by atoms with Gasteiger partial charge in [0.1, 0.15) is 5.76 Å². The molecule has 0 aromatic rings. The molecule has 56 valence electrons. The predicted octanol–water partition coefficient (Wildman–Crippen LogP) is 3.15. The molecule has 1 nitrogen and oxygen atoms in total. The van der Waals surface area contributed by atoms with E-state index in [2.05, 4.69) is 13.2 Å². The van der Waals surface area contributed by atoms with Gasteiger partial charge < -0.3 is 5.11 Å². The van der Waals surface area contributed by atoms with Gasteiger partial charge in [-0.15, -0.1) is 0 Å². The van der Waals surface area contributed by atoms with Crippen molar-refractivity contribution in [2.75, 3.05) is 0 Å². The molecule has 0 aliphatic rings. The predicted molar refractivity (Wildman–Crippen MR) is 45.1 cm³/mol. The molecule has 2 heteroatoms. The zero-order valence-electron chi connectivity index (χ0n) is 6.02. The number of rotatable bonds is 3. The average Bonchev–Trinajstić information content (AvgIpc) is 1.81. The van der Waals surface area contributed by atoms with E-state index in [0.717, 1.165) is 12.0 Å². The highest BCUT2D eigenvalue weighted by Gasteiger charge is 1.95. The van der Waals surface area contributed by atoms with Crippen molar-refractivity contribution in [3.8, 4) is 0 Å². The third kappa shape index (κ3) is 3.36. The van der Waals surface area contributed by atoms with Crippen LogP contribution in [0, 0.1) is 0 Å². The van der Waals surface area contributed by atoms with Crippen LogP contribution in [0.1, 0.15) is 13.3 Å². The van der Waals surface area contributed by atoms with E-state index in [1.54, 1.807) is 0 Å². The minimum atomic E-state index is 0.0126. The molecule has 0 atom stereocenters. The molecule has 0 bridgehead atoms. The first-order valence-electron chi connectivity index (χ1n) is 3.01. The summed E-state index contributed by atoms with van der Waals surface area (Å²) in [5.74, 6) is 0.0126. The summed E-state index contributed by atoms with van der Waals surface area (Å²) in [6, 6.07) is 0. The first-order valence-corrected chi connectivity index (χ1v) is 3.39. The van der Waals surface area contributed by atoms with Crippen molar-refractivity contribution in [3.63, 3.8) is 0 Å². The highest BCUT2D eigenvalue weighted by molar-refractivity contribution is 6.31. The largest absolute Gasteiger partial charge is 0.509 e. The summed E-state index contributed by atoms with van der Waals surface area (Å²) < 4.78 is 0. The second kappa shape index (κ2) is 4.18. The summed E-state index contributed by atoms with van der Waals surface area (Å²) in [5.41, 5.74) is 0.814. The maximum absolute atomic E-state index is 8.73. The zero-order chi connectivity index (χ0) is 8.15. The topological polar surface area (TPSA) is 20.2 Å². The van der Waals surface area contributed by atoms with Gasteiger partial charge in [-0.3, -0.25) is 0 Å². The lowest BCUT2D eigenvalue weighted by Crippen LogP contribution is -1.80. The van der Waals surface area contributed by atoms with Gasteiger partial charge in [0.25, 0.3) is 0 Å². The van der Waals surface area contributed by atoms with Crippen molar-refractivity contribution in [1.29, 1.82) is 0 Å². The molecule has 0 aromatic carbocycles. The Balaban J connectivity index is 4.34. The van der Waals surface area contributed by atoms with Gasteiger partial charge in [-0.25, -0.2) is 0 Å². The maximum atomic E-state index is 8.73. The summed E-state index contributed by atoms with van der Waals surface area (Å²) >= 11 is 5.57. The molecule has 0 saturated heterocycles. The number of hydrogen-bond acceptors (Lipinski definition) is 1. The Morgan fingerprint density at radius 1 is 1.60 bits per heavy atom. The Bertz CT molecular complexity index is 180. The smallest absolute Gasteiger partial charge is 0.108 e. The monoisotopic (exact) mass is 158 g/mol. The van der Waals surface area contributed by atoms with Crippen molar-refractivity contribution < 1.29 is 5.11 Å². The standard InChI is InChI=1S/C8H11ClO/c1-4-8(7(3)9)5-6(2)10/h5,10H,2-4H2,1H3/b8-5-. The van der Waals surface area contributed by atoms with E-state index in [0.29, 0.717) is 5.03 Å². The minimum Gasteiger partial charge on any atom is -0.509 e. The van der Waals surface area contributed by atoms with Crippen molar-refractivity contribution in [2.24, 2.45) is 0 Å². The molecule has 0 amide bonds. The number of hydrogen-bond donors (Lipinski definition) is 1. The van der Waals surface area contributed by atoms with Gasteiger partial charge in [-0.2, -0.15) is 0 Å². The van der Waals surface area contributed by atoms with Gasteiger partial charge in [0.2, 0.25) is 0 Å². The van der Waals surface area contributed by atoms with E-state index in [1.807, 2.05) is 6.92 Å². The Morgan fingerprint density at radius 2 is 2.10 bits per heavy atom.